The highest BCUT2D eigenvalue weighted by atomic mass is 35.5. The molecule has 0 aliphatic carbocycles. The number of H-pyrrole nitrogens is 1. The first kappa shape index (κ1) is 19.0. The number of anilines is 1. The maximum atomic E-state index is 11.7. The van der Waals surface area contributed by atoms with Crippen molar-refractivity contribution in [3.05, 3.63) is 38.5 Å². The van der Waals surface area contributed by atoms with Gasteiger partial charge in [0.1, 0.15) is 10.4 Å². The fourth-order valence-corrected chi connectivity index (χ4v) is 4.01. The fraction of sp³-hybridized carbons (Fsp3) is 0.312. The minimum atomic E-state index is -0.196. The molecule has 0 radical (unpaired) electrons. The number of aromatic nitrogens is 3. The van der Waals surface area contributed by atoms with Gasteiger partial charge in [-0.1, -0.05) is 40.8 Å². The van der Waals surface area contributed by atoms with Crippen molar-refractivity contribution in [2.24, 2.45) is 0 Å². The molecule has 0 saturated carbocycles. The molecule has 0 aliphatic heterocycles. The highest BCUT2D eigenvalue weighted by Gasteiger charge is 2.14. The zero-order valence-corrected chi connectivity index (χ0v) is 16.5. The number of fused-ring (bicyclic) bond motifs is 1. The molecule has 1 aromatic carbocycles. The molecule has 3 aromatic rings. The Kier molecular flexibility index (Phi) is 6.02. The molecular formula is C16H17ClN4O3S2. The second-order valence-corrected chi connectivity index (χ2v) is 7.87. The Morgan fingerprint density at radius 1 is 1.46 bits per heavy atom. The van der Waals surface area contributed by atoms with Gasteiger partial charge in [0.15, 0.2) is 16.6 Å². The van der Waals surface area contributed by atoms with Crippen LogP contribution in [0.2, 0.25) is 5.02 Å². The van der Waals surface area contributed by atoms with Crippen LogP contribution >= 0.6 is 34.7 Å². The van der Waals surface area contributed by atoms with Crippen LogP contribution in [-0.2, 0) is 5.75 Å². The van der Waals surface area contributed by atoms with Crippen LogP contribution in [0.1, 0.15) is 12.5 Å². The van der Waals surface area contributed by atoms with Crippen LogP contribution in [0.15, 0.2) is 28.2 Å². The number of thioether (sulfide) groups is 1. The summed E-state index contributed by atoms with van der Waals surface area (Å²) < 4.78 is 5.80. The second-order valence-electron chi connectivity index (χ2n) is 5.53. The molecule has 0 fully saturated rings. The van der Waals surface area contributed by atoms with Gasteiger partial charge in [-0.3, -0.25) is 9.78 Å². The van der Waals surface area contributed by atoms with E-state index >= 15 is 0 Å². The van der Waals surface area contributed by atoms with Crippen LogP contribution in [0.25, 0.3) is 10.3 Å². The maximum Gasteiger partial charge on any atom is 0.306 e. The molecule has 10 heteroatoms. The fourth-order valence-electron chi connectivity index (χ4n) is 2.22. The number of ether oxygens (including phenoxy) is 1. The van der Waals surface area contributed by atoms with E-state index < -0.39 is 0 Å². The van der Waals surface area contributed by atoms with E-state index in [1.807, 2.05) is 25.1 Å². The summed E-state index contributed by atoms with van der Waals surface area (Å²) in [7, 11) is 1.57. The standard InChI is InChI=1S/C16H17ClN4O3S2/c1-8(6-22)18-13-12-14(21-16(23)26-12)20-15(19-13)25-7-9-3-4-11(24-2)10(17)5-9/h3-5,8,22H,6-7H2,1-2H3,(H2,18,19,20,21,23). The van der Waals surface area contributed by atoms with Gasteiger partial charge in [0.25, 0.3) is 0 Å². The predicted octanol–water partition coefficient (Wildman–Crippen LogP) is 3.13. The van der Waals surface area contributed by atoms with Gasteiger partial charge in [-0.15, -0.1) is 0 Å². The molecule has 0 aliphatic rings. The van der Waals surface area contributed by atoms with Gasteiger partial charge < -0.3 is 15.2 Å². The molecule has 138 valence electrons. The van der Waals surface area contributed by atoms with Crippen LogP contribution in [-0.4, -0.2) is 39.8 Å². The largest absolute Gasteiger partial charge is 0.495 e. The van der Waals surface area contributed by atoms with Gasteiger partial charge in [-0.05, 0) is 24.6 Å². The van der Waals surface area contributed by atoms with Crippen molar-refractivity contribution in [2.75, 3.05) is 19.0 Å². The molecule has 7 nitrogen and oxygen atoms in total. The van der Waals surface area contributed by atoms with Crippen molar-refractivity contribution in [1.29, 1.82) is 0 Å². The summed E-state index contributed by atoms with van der Waals surface area (Å²) in [4.78, 5) is 23.1. The van der Waals surface area contributed by atoms with E-state index in [0.29, 0.717) is 37.8 Å². The number of nitrogens with zero attached hydrogens (tertiary/aromatic N) is 2. The average molecular weight is 413 g/mol. The van der Waals surface area contributed by atoms with Crippen LogP contribution in [0.5, 0.6) is 5.75 Å². The van der Waals surface area contributed by atoms with Gasteiger partial charge in [0, 0.05) is 11.8 Å². The second kappa shape index (κ2) is 8.26. The molecule has 0 bridgehead atoms. The van der Waals surface area contributed by atoms with E-state index in [4.69, 9.17) is 16.3 Å². The molecule has 1 unspecified atom stereocenters. The van der Waals surface area contributed by atoms with Crippen molar-refractivity contribution in [3.63, 3.8) is 0 Å². The molecule has 0 amide bonds. The van der Waals surface area contributed by atoms with Gasteiger partial charge in [-0.2, -0.15) is 0 Å². The van der Waals surface area contributed by atoms with Crippen LogP contribution in [0, 0.1) is 0 Å². The molecule has 3 rings (SSSR count). The lowest BCUT2D eigenvalue weighted by atomic mass is 10.2. The highest BCUT2D eigenvalue weighted by Crippen LogP contribution is 2.30. The Bertz CT molecular complexity index is 976. The average Bonchev–Trinajstić information content (AvgIpc) is 3.00. The number of rotatable bonds is 7. The first-order valence-electron chi connectivity index (χ1n) is 7.73. The van der Waals surface area contributed by atoms with E-state index in [1.165, 1.54) is 11.8 Å². The summed E-state index contributed by atoms with van der Waals surface area (Å²) in [5.74, 6) is 1.77. The lowest BCUT2D eigenvalue weighted by molar-refractivity contribution is 0.281. The first-order chi connectivity index (χ1) is 12.5. The number of nitrogens with one attached hydrogen (secondary N) is 2. The number of halogens is 1. The Labute approximate surface area is 162 Å². The SMILES string of the molecule is COc1ccc(CSc2nc(NC(C)CO)c3sc(=O)[nH]c3n2)cc1Cl. The van der Waals surface area contributed by atoms with E-state index in [9.17, 15) is 9.90 Å². The summed E-state index contributed by atoms with van der Waals surface area (Å²) in [6.45, 7) is 1.78. The number of aliphatic hydroxyl groups excluding tert-OH is 1. The van der Waals surface area contributed by atoms with Gasteiger partial charge in [0.05, 0.1) is 18.7 Å². The molecule has 0 spiro atoms. The minimum Gasteiger partial charge on any atom is -0.495 e. The normalized spacial score (nSPS) is 12.3. The topological polar surface area (TPSA) is 100 Å². The summed E-state index contributed by atoms with van der Waals surface area (Å²) in [5, 5.41) is 13.4. The number of thiazole rings is 1. The number of hydrogen-bond donors (Lipinski definition) is 3. The van der Waals surface area contributed by atoms with Crippen molar-refractivity contribution in [1.82, 2.24) is 15.0 Å². The third-order valence-electron chi connectivity index (χ3n) is 3.50. The molecule has 26 heavy (non-hydrogen) atoms. The number of aromatic amines is 1. The predicted molar refractivity (Wildman–Crippen MR) is 106 cm³/mol. The minimum absolute atomic E-state index is 0.0440. The van der Waals surface area contributed by atoms with Crippen molar-refractivity contribution in [3.8, 4) is 5.75 Å². The Balaban J connectivity index is 1.85. The first-order valence-corrected chi connectivity index (χ1v) is 9.91. The summed E-state index contributed by atoms with van der Waals surface area (Å²) in [5.41, 5.74) is 1.49. The molecule has 1 atom stereocenters. The molecule has 3 N–H and O–H groups in total. The summed E-state index contributed by atoms with van der Waals surface area (Å²) in [6, 6.07) is 5.39. The zero-order chi connectivity index (χ0) is 18.7. The molecular weight excluding hydrogens is 396 g/mol. The number of hydrogen-bond acceptors (Lipinski definition) is 8. The van der Waals surface area contributed by atoms with Crippen LogP contribution in [0.3, 0.4) is 0 Å². The van der Waals surface area contributed by atoms with E-state index in [2.05, 4.69) is 20.3 Å². The Hall–Kier alpha value is -1.81. The van der Waals surface area contributed by atoms with E-state index in [-0.39, 0.29) is 17.5 Å². The van der Waals surface area contributed by atoms with Gasteiger partial charge in [0.2, 0.25) is 0 Å². The van der Waals surface area contributed by atoms with Crippen LogP contribution in [0.4, 0.5) is 5.82 Å². The number of aliphatic hydroxyl groups is 1. The molecule has 2 aromatic heterocycles. The van der Waals surface area contributed by atoms with Crippen molar-refractivity contribution in [2.45, 2.75) is 23.9 Å². The number of methoxy groups -OCH3 is 1. The summed E-state index contributed by atoms with van der Waals surface area (Å²) in [6.07, 6.45) is 0. The zero-order valence-electron chi connectivity index (χ0n) is 14.1. The number of benzene rings is 1. The third-order valence-corrected chi connectivity index (χ3v) is 5.59. The smallest absolute Gasteiger partial charge is 0.306 e. The van der Waals surface area contributed by atoms with Gasteiger partial charge in [-0.25, -0.2) is 9.97 Å². The van der Waals surface area contributed by atoms with Gasteiger partial charge >= 0.3 is 4.87 Å². The van der Waals surface area contributed by atoms with Crippen molar-refractivity contribution >= 4 is 50.9 Å². The summed E-state index contributed by atoms with van der Waals surface area (Å²) >= 11 is 8.62. The van der Waals surface area contributed by atoms with E-state index in [1.54, 1.807) is 7.11 Å². The lowest BCUT2D eigenvalue weighted by Crippen LogP contribution is -2.20. The maximum absolute atomic E-state index is 11.7. The lowest BCUT2D eigenvalue weighted by Gasteiger charge is -2.12. The quantitative estimate of drug-likeness (QED) is 0.405. The monoisotopic (exact) mass is 412 g/mol. The van der Waals surface area contributed by atoms with Crippen molar-refractivity contribution < 1.29 is 9.84 Å². The highest BCUT2D eigenvalue weighted by molar-refractivity contribution is 7.98. The molecule has 2 heterocycles. The Morgan fingerprint density at radius 2 is 2.27 bits per heavy atom. The molecule has 0 saturated heterocycles. The van der Waals surface area contributed by atoms with Crippen LogP contribution < -0.4 is 14.9 Å². The third kappa shape index (κ3) is 4.29. The Morgan fingerprint density at radius 3 is 2.96 bits per heavy atom. The van der Waals surface area contributed by atoms with E-state index in [0.717, 1.165) is 16.9 Å².